The lowest BCUT2D eigenvalue weighted by molar-refractivity contribution is -0.387. The van der Waals surface area contributed by atoms with Crippen LogP contribution in [0.25, 0.3) is 0 Å². The maximum absolute atomic E-state index is 11.8. The number of amides is 1. The van der Waals surface area contributed by atoms with Gasteiger partial charge in [-0.3, -0.25) is 14.9 Å². The maximum Gasteiger partial charge on any atom is 0.282 e. The Morgan fingerprint density at radius 2 is 2.20 bits per heavy atom. The number of nitrogens with one attached hydrogen (secondary N) is 1. The van der Waals surface area contributed by atoms with Crippen LogP contribution in [0.3, 0.4) is 0 Å². The van der Waals surface area contributed by atoms with Gasteiger partial charge < -0.3 is 11.1 Å². The summed E-state index contributed by atoms with van der Waals surface area (Å²) in [5.74, 6) is 0.225. The van der Waals surface area contributed by atoms with Crippen LogP contribution in [-0.4, -0.2) is 29.2 Å². The topological polar surface area (TPSA) is 98.3 Å². The number of nitrogens with zero attached hydrogens (tertiary/aromatic N) is 1. The fourth-order valence-electron chi connectivity index (χ4n) is 2.29. The zero-order valence-corrected chi connectivity index (χ0v) is 12.0. The van der Waals surface area contributed by atoms with Crippen LogP contribution in [0.2, 0.25) is 0 Å². The molecule has 1 aromatic rings. The van der Waals surface area contributed by atoms with Crippen molar-refractivity contribution in [2.45, 2.75) is 23.3 Å². The van der Waals surface area contributed by atoms with Gasteiger partial charge in [0.15, 0.2) is 0 Å². The third-order valence-electron chi connectivity index (χ3n) is 3.68. The molecule has 0 saturated heterocycles. The number of para-hydroxylation sites is 1. The van der Waals surface area contributed by atoms with Crippen LogP contribution >= 0.6 is 11.8 Å². The summed E-state index contributed by atoms with van der Waals surface area (Å²) in [4.78, 5) is 22.9. The molecule has 1 amide bonds. The molecule has 1 fully saturated rings. The summed E-state index contributed by atoms with van der Waals surface area (Å²) < 4.78 is 0. The molecule has 0 radical (unpaired) electrons. The lowest BCUT2D eigenvalue weighted by Gasteiger charge is -2.29. The highest BCUT2D eigenvalue weighted by molar-refractivity contribution is 7.99. The number of thioether (sulfide) groups is 1. The predicted octanol–water partition coefficient (Wildman–Crippen LogP) is 1.54. The van der Waals surface area contributed by atoms with E-state index in [1.54, 1.807) is 25.2 Å². The summed E-state index contributed by atoms with van der Waals surface area (Å²) in [6.45, 7) is 0. The third-order valence-corrected chi connectivity index (χ3v) is 4.93. The molecule has 1 aromatic carbocycles. The minimum atomic E-state index is -0.783. The molecular weight excluding hydrogens is 278 g/mol. The van der Waals surface area contributed by atoms with Gasteiger partial charge in [0.2, 0.25) is 5.91 Å². The summed E-state index contributed by atoms with van der Waals surface area (Å²) in [6, 6.07) is 6.53. The van der Waals surface area contributed by atoms with Crippen molar-refractivity contribution in [3.05, 3.63) is 34.4 Å². The largest absolute Gasteiger partial charge is 0.368 e. The van der Waals surface area contributed by atoms with Gasteiger partial charge in [0, 0.05) is 11.8 Å². The van der Waals surface area contributed by atoms with Gasteiger partial charge in [-0.15, -0.1) is 11.8 Å². The van der Waals surface area contributed by atoms with E-state index in [0.717, 1.165) is 12.8 Å². The van der Waals surface area contributed by atoms with E-state index in [2.05, 4.69) is 5.32 Å². The molecule has 0 bridgehead atoms. The van der Waals surface area contributed by atoms with Crippen molar-refractivity contribution in [2.24, 2.45) is 11.7 Å². The van der Waals surface area contributed by atoms with Crippen LogP contribution in [-0.2, 0) is 4.79 Å². The Labute approximate surface area is 121 Å². The third kappa shape index (κ3) is 2.78. The first kappa shape index (κ1) is 14.8. The number of rotatable bonds is 7. The number of nitro benzene ring substituents is 1. The molecule has 20 heavy (non-hydrogen) atoms. The molecule has 0 aliphatic heterocycles. The van der Waals surface area contributed by atoms with Crippen molar-refractivity contribution in [3.8, 4) is 0 Å². The van der Waals surface area contributed by atoms with Gasteiger partial charge in [0.1, 0.15) is 5.54 Å². The van der Waals surface area contributed by atoms with Gasteiger partial charge in [0.25, 0.3) is 5.69 Å². The summed E-state index contributed by atoms with van der Waals surface area (Å²) >= 11 is 1.30. The smallest absolute Gasteiger partial charge is 0.282 e. The normalized spacial score (nSPS) is 17.4. The number of carbonyl (C=O) groups is 1. The molecule has 1 atom stereocenters. The van der Waals surface area contributed by atoms with Crippen molar-refractivity contribution in [3.63, 3.8) is 0 Å². The molecule has 3 N–H and O–H groups in total. The second kappa shape index (κ2) is 5.80. The zero-order chi connectivity index (χ0) is 14.8. The standard InChI is InChI=1S/C13H17N3O3S/c1-15-13(12(14)17,9-6-7-9)8-20-11-5-3-2-4-10(11)16(18)19/h2-5,9,15H,6-8H2,1H3,(H2,14,17). The van der Waals surface area contributed by atoms with Gasteiger partial charge in [-0.25, -0.2) is 0 Å². The number of hydrogen-bond donors (Lipinski definition) is 2. The van der Waals surface area contributed by atoms with E-state index >= 15 is 0 Å². The average molecular weight is 295 g/mol. The van der Waals surface area contributed by atoms with Crippen LogP contribution < -0.4 is 11.1 Å². The Bertz CT molecular complexity index is 533. The number of benzene rings is 1. The molecule has 1 aliphatic carbocycles. The predicted molar refractivity (Wildman–Crippen MR) is 77.5 cm³/mol. The van der Waals surface area contributed by atoms with Crippen LogP contribution in [0.1, 0.15) is 12.8 Å². The Kier molecular flexibility index (Phi) is 4.29. The monoisotopic (exact) mass is 295 g/mol. The van der Waals surface area contributed by atoms with Crippen LogP contribution in [0.4, 0.5) is 5.69 Å². The number of carbonyl (C=O) groups excluding carboxylic acids is 1. The summed E-state index contributed by atoms with van der Waals surface area (Å²) in [5.41, 5.74) is 4.81. The number of nitro groups is 1. The Morgan fingerprint density at radius 1 is 1.55 bits per heavy atom. The van der Waals surface area contributed by atoms with Crippen molar-refractivity contribution in [2.75, 3.05) is 12.8 Å². The van der Waals surface area contributed by atoms with Crippen molar-refractivity contribution < 1.29 is 9.72 Å². The maximum atomic E-state index is 11.8. The minimum Gasteiger partial charge on any atom is -0.368 e. The van der Waals surface area contributed by atoms with Crippen LogP contribution in [0.5, 0.6) is 0 Å². The van der Waals surface area contributed by atoms with Gasteiger partial charge in [-0.05, 0) is 31.9 Å². The fraction of sp³-hybridized carbons (Fsp3) is 0.462. The molecule has 0 aromatic heterocycles. The van der Waals surface area contributed by atoms with E-state index in [1.807, 2.05) is 0 Å². The molecule has 1 unspecified atom stereocenters. The highest BCUT2D eigenvalue weighted by atomic mass is 32.2. The highest BCUT2D eigenvalue weighted by Gasteiger charge is 2.48. The number of likely N-dealkylation sites (N-methyl/N-ethyl adjacent to an activating group) is 1. The minimum absolute atomic E-state index is 0.0581. The van der Waals surface area contributed by atoms with E-state index in [-0.39, 0.29) is 11.6 Å². The van der Waals surface area contributed by atoms with E-state index in [9.17, 15) is 14.9 Å². The van der Waals surface area contributed by atoms with E-state index in [1.165, 1.54) is 17.8 Å². The SMILES string of the molecule is CNC(CSc1ccccc1[N+](=O)[O-])(C(N)=O)C1CC1. The molecule has 1 aliphatic rings. The van der Waals surface area contributed by atoms with Gasteiger partial charge in [0.05, 0.1) is 9.82 Å². The quantitative estimate of drug-likeness (QED) is 0.451. The van der Waals surface area contributed by atoms with Crippen molar-refractivity contribution >= 4 is 23.4 Å². The lowest BCUT2D eigenvalue weighted by atomic mass is 9.95. The fourth-order valence-corrected chi connectivity index (χ4v) is 3.66. The summed E-state index contributed by atoms with van der Waals surface area (Å²) in [6.07, 6.45) is 1.92. The zero-order valence-electron chi connectivity index (χ0n) is 11.2. The first-order chi connectivity index (χ1) is 9.51. The number of primary amides is 1. The average Bonchev–Trinajstić information content (AvgIpc) is 3.25. The first-order valence-corrected chi connectivity index (χ1v) is 7.35. The number of hydrogen-bond acceptors (Lipinski definition) is 5. The van der Waals surface area contributed by atoms with Gasteiger partial charge >= 0.3 is 0 Å². The summed E-state index contributed by atoms with van der Waals surface area (Å²) in [7, 11) is 1.71. The Hall–Kier alpha value is -1.60. The molecule has 0 spiro atoms. The molecule has 7 heteroatoms. The second-order valence-corrected chi connectivity index (χ2v) is 5.89. The lowest BCUT2D eigenvalue weighted by Crippen LogP contribution is -2.57. The van der Waals surface area contributed by atoms with Crippen molar-refractivity contribution in [1.29, 1.82) is 0 Å². The molecule has 6 nitrogen and oxygen atoms in total. The number of nitrogens with two attached hydrogens (primary N) is 1. The van der Waals surface area contributed by atoms with E-state index < -0.39 is 16.4 Å². The van der Waals surface area contributed by atoms with Gasteiger partial charge in [-0.1, -0.05) is 12.1 Å². The summed E-state index contributed by atoms with van der Waals surface area (Å²) in [5, 5.41) is 14.0. The first-order valence-electron chi connectivity index (χ1n) is 6.36. The van der Waals surface area contributed by atoms with Crippen molar-refractivity contribution in [1.82, 2.24) is 5.32 Å². The Morgan fingerprint density at radius 3 is 2.70 bits per heavy atom. The molecule has 108 valence electrons. The highest BCUT2D eigenvalue weighted by Crippen LogP contribution is 2.43. The molecular formula is C13H17N3O3S. The van der Waals surface area contributed by atoms with Crippen LogP contribution in [0.15, 0.2) is 29.2 Å². The van der Waals surface area contributed by atoms with Crippen LogP contribution in [0, 0.1) is 16.0 Å². The van der Waals surface area contributed by atoms with E-state index in [4.69, 9.17) is 5.73 Å². The van der Waals surface area contributed by atoms with Gasteiger partial charge in [-0.2, -0.15) is 0 Å². The van der Waals surface area contributed by atoms with E-state index in [0.29, 0.717) is 10.6 Å². The molecule has 1 saturated carbocycles. The molecule has 2 rings (SSSR count). The Balaban J connectivity index is 2.18. The molecule has 0 heterocycles. The second-order valence-electron chi connectivity index (χ2n) is 4.87.